The normalized spacial score (nSPS) is 43.0. The van der Waals surface area contributed by atoms with Gasteiger partial charge in [-0.05, 0) is 38.0 Å². The maximum Gasteiger partial charge on any atom is 0.0647 e. The molecule has 1 N–H and O–H groups in total. The van der Waals surface area contributed by atoms with Crippen LogP contribution in [0.4, 0.5) is 0 Å². The standard InChI is InChI=1S/C11H22O/c1-4-5-10-7-6-9(2)11(3,12)8-10/h9-10,12H,4-8H2,1-3H3. The van der Waals surface area contributed by atoms with Gasteiger partial charge in [-0.15, -0.1) is 0 Å². The molecule has 1 saturated carbocycles. The van der Waals surface area contributed by atoms with Crippen molar-refractivity contribution in [3.8, 4) is 0 Å². The third kappa shape index (κ3) is 2.22. The second kappa shape index (κ2) is 3.78. The van der Waals surface area contributed by atoms with Crippen molar-refractivity contribution >= 4 is 0 Å². The molecule has 0 amide bonds. The van der Waals surface area contributed by atoms with Crippen molar-refractivity contribution in [2.45, 2.75) is 58.5 Å². The second-order valence-electron chi connectivity index (χ2n) is 4.69. The molecule has 72 valence electrons. The van der Waals surface area contributed by atoms with E-state index in [1.807, 2.05) is 6.92 Å². The molecule has 0 radical (unpaired) electrons. The van der Waals surface area contributed by atoms with Crippen molar-refractivity contribution in [3.63, 3.8) is 0 Å². The summed E-state index contributed by atoms with van der Waals surface area (Å²) in [5, 5.41) is 10.0. The van der Waals surface area contributed by atoms with Gasteiger partial charge in [0.15, 0.2) is 0 Å². The van der Waals surface area contributed by atoms with Crippen LogP contribution in [0.2, 0.25) is 0 Å². The minimum Gasteiger partial charge on any atom is -0.390 e. The summed E-state index contributed by atoms with van der Waals surface area (Å²) in [4.78, 5) is 0. The van der Waals surface area contributed by atoms with Crippen LogP contribution < -0.4 is 0 Å². The molecular formula is C11H22O. The van der Waals surface area contributed by atoms with E-state index >= 15 is 0 Å². The Labute approximate surface area is 76.2 Å². The topological polar surface area (TPSA) is 20.2 Å². The molecule has 1 nitrogen and oxygen atoms in total. The van der Waals surface area contributed by atoms with E-state index in [0.29, 0.717) is 5.92 Å². The second-order valence-corrected chi connectivity index (χ2v) is 4.69. The van der Waals surface area contributed by atoms with Gasteiger partial charge in [-0.25, -0.2) is 0 Å². The van der Waals surface area contributed by atoms with Gasteiger partial charge in [0.1, 0.15) is 0 Å². The Balaban J connectivity index is 2.45. The first-order valence-electron chi connectivity index (χ1n) is 5.28. The van der Waals surface area contributed by atoms with Crippen LogP contribution in [0.3, 0.4) is 0 Å². The van der Waals surface area contributed by atoms with E-state index in [-0.39, 0.29) is 0 Å². The lowest BCUT2D eigenvalue weighted by atomic mass is 9.71. The van der Waals surface area contributed by atoms with Crippen molar-refractivity contribution in [2.24, 2.45) is 11.8 Å². The number of rotatable bonds is 2. The number of hydrogen-bond donors (Lipinski definition) is 1. The zero-order valence-corrected chi connectivity index (χ0v) is 8.64. The van der Waals surface area contributed by atoms with Gasteiger partial charge in [0.05, 0.1) is 5.60 Å². The first-order chi connectivity index (χ1) is 5.56. The molecule has 1 fully saturated rings. The van der Waals surface area contributed by atoms with Gasteiger partial charge in [-0.2, -0.15) is 0 Å². The molecule has 1 aliphatic carbocycles. The van der Waals surface area contributed by atoms with E-state index in [1.165, 1.54) is 25.7 Å². The summed E-state index contributed by atoms with van der Waals surface area (Å²) >= 11 is 0. The first kappa shape index (κ1) is 10.0. The van der Waals surface area contributed by atoms with Crippen molar-refractivity contribution in [1.29, 1.82) is 0 Å². The third-order valence-electron chi connectivity index (χ3n) is 3.47. The molecule has 1 aliphatic rings. The number of hydrogen-bond acceptors (Lipinski definition) is 1. The quantitative estimate of drug-likeness (QED) is 0.675. The molecule has 3 atom stereocenters. The summed E-state index contributed by atoms with van der Waals surface area (Å²) in [7, 11) is 0. The average molecular weight is 170 g/mol. The molecule has 0 saturated heterocycles. The van der Waals surface area contributed by atoms with E-state index in [0.717, 1.165) is 12.3 Å². The zero-order valence-electron chi connectivity index (χ0n) is 8.64. The highest BCUT2D eigenvalue weighted by Crippen LogP contribution is 2.38. The highest BCUT2D eigenvalue weighted by molar-refractivity contribution is 4.87. The predicted molar refractivity (Wildman–Crippen MR) is 52.0 cm³/mol. The molecule has 0 aromatic heterocycles. The molecule has 0 aromatic rings. The van der Waals surface area contributed by atoms with E-state index in [2.05, 4.69) is 13.8 Å². The fourth-order valence-corrected chi connectivity index (χ4v) is 2.34. The fourth-order valence-electron chi connectivity index (χ4n) is 2.34. The van der Waals surface area contributed by atoms with Crippen molar-refractivity contribution in [1.82, 2.24) is 0 Å². The summed E-state index contributed by atoms with van der Waals surface area (Å²) in [6, 6.07) is 0. The van der Waals surface area contributed by atoms with Gasteiger partial charge in [0.2, 0.25) is 0 Å². The lowest BCUT2D eigenvalue weighted by Gasteiger charge is -2.39. The molecule has 1 heteroatoms. The van der Waals surface area contributed by atoms with Crippen LogP contribution >= 0.6 is 0 Å². The van der Waals surface area contributed by atoms with Crippen LogP contribution in [0.15, 0.2) is 0 Å². The Bertz CT molecular complexity index is 140. The molecule has 0 spiro atoms. The summed E-state index contributed by atoms with van der Waals surface area (Å²) in [6.07, 6.45) is 6.10. The monoisotopic (exact) mass is 170 g/mol. The van der Waals surface area contributed by atoms with Gasteiger partial charge in [-0.1, -0.05) is 26.7 Å². The lowest BCUT2D eigenvalue weighted by Crippen LogP contribution is -2.39. The Kier molecular flexibility index (Phi) is 3.16. The Morgan fingerprint density at radius 1 is 1.42 bits per heavy atom. The summed E-state index contributed by atoms with van der Waals surface area (Å²) in [5.74, 6) is 1.27. The molecule has 0 heterocycles. The van der Waals surface area contributed by atoms with Crippen LogP contribution in [-0.2, 0) is 0 Å². The largest absolute Gasteiger partial charge is 0.390 e. The molecule has 0 bridgehead atoms. The Hall–Kier alpha value is -0.0400. The van der Waals surface area contributed by atoms with E-state index in [1.54, 1.807) is 0 Å². The third-order valence-corrected chi connectivity index (χ3v) is 3.47. The molecule has 0 aliphatic heterocycles. The molecule has 1 rings (SSSR count). The van der Waals surface area contributed by atoms with Crippen molar-refractivity contribution < 1.29 is 5.11 Å². The Morgan fingerprint density at radius 2 is 2.08 bits per heavy atom. The van der Waals surface area contributed by atoms with Gasteiger partial charge in [0, 0.05) is 0 Å². The minimum absolute atomic E-state index is 0.391. The van der Waals surface area contributed by atoms with Crippen LogP contribution in [0.1, 0.15) is 52.9 Å². The highest BCUT2D eigenvalue weighted by atomic mass is 16.3. The van der Waals surface area contributed by atoms with Crippen molar-refractivity contribution in [3.05, 3.63) is 0 Å². The average Bonchev–Trinajstić information content (AvgIpc) is 1.97. The van der Waals surface area contributed by atoms with Gasteiger partial charge >= 0.3 is 0 Å². The molecule has 3 unspecified atom stereocenters. The zero-order chi connectivity index (χ0) is 9.19. The van der Waals surface area contributed by atoms with Crippen LogP contribution in [0.25, 0.3) is 0 Å². The minimum atomic E-state index is -0.391. The summed E-state index contributed by atoms with van der Waals surface area (Å²) < 4.78 is 0. The van der Waals surface area contributed by atoms with E-state index < -0.39 is 5.60 Å². The maximum absolute atomic E-state index is 10.0. The van der Waals surface area contributed by atoms with Crippen molar-refractivity contribution in [2.75, 3.05) is 0 Å². The summed E-state index contributed by atoms with van der Waals surface area (Å²) in [6.45, 7) is 6.40. The molecule has 12 heavy (non-hydrogen) atoms. The first-order valence-corrected chi connectivity index (χ1v) is 5.28. The molecular weight excluding hydrogens is 148 g/mol. The van der Waals surface area contributed by atoms with E-state index in [9.17, 15) is 5.11 Å². The summed E-state index contributed by atoms with van der Waals surface area (Å²) in [5.41, 5.74) is -0.391. The smallest absolute Gasteiger partial charge is 0.0647 e. The highest BCUT2D eigenvalue weighted by Gasteiger charge is 2.35. The van der Waals surface area contributed by atoms with Crippen LogP contribution in [0.5, 0.6) is 0 Å². The molecule has 0 aromatic carbocycles. The predicted octanol–water partition coefficient (Wildman–Crippen LogP) is 2.97. The maximum atomic E-state index is 10.0. The lowest BCUT2D eigenvalue weighted by molar-refractivity contribution is -0.0446. The van der Waals surface area contributed by atoms with Crippen LogP contribution in [-0.4, -0.2) is 10.7 Å². The fraction of sp³-hybridized carbons (Fsp3) is 1.00. The van der Waals surface area contributed by atoms with Gasteiger partial charge in [-0.3, -0.25) is 0 Å². The number of aliphatic hydroxyl groups is 1. The SMILES string of the molecule is CCCC1CCC(C)C(C)(O)C1. The van der Waals surface area contributed by atoms with Gasteiger partial charge in [0.25, 0.3) is 0 Å². The van der Waals surface area contributed by atoms with E-state index in [4.69, 9.17) is 0 Å². The Morgan fingerprint density at radius 3 is 2.58 bits per heavy atom. The van der Waals surface area contributed by atoms with Gasteiger partial charge < -0.3 is 5.11 Å². The van der Waals surface area contributed by atoms with Crippen LogP contribution in [0, 0.1) is 11.8 Å².